The maximum absolute atomic E-state index is 10.9. The van der Waals surface area contributed by atoms with E-state index in [9.17, 15) is 9.59 Å². The van der Waals surface area contributed by atoms with E-state index >= 15 is 0 Å². The summed E-state index contributed by atoms with van der Waals surface area (Å²) in [5.41, 5.74) is 0. The van der Waals surface area contributed by atoms with Gasteiger partial charge in [-0.1, -0.05) is 50.2 Å². The Morgan fingerprint density at radius 1 is 0.944 bits per heavy atom. The Hall–Kier alpha value is -0.886. The van der Waals surface area contributed by atoms with E-state index < -0.39 is 34.0 Å². The van der Waals surface area contributed by atoms with Crippen molar-refractivity contribution in [2.75, 3.05) is 0 Å². The number of aliphatic carboxylic acids is 2. The van der Waals surface area contributed by atoms with Crippen LogP contribution in [0.3, 0.4) is 0 Å². The van der Waals surface area contributed by atoms with Crippen molar-refractivity contribution in [3.63, 3.8) is 0 Å². The van der Waals surface area contributed by atoms with E-state index in [0.29, 0.717) is 0 Å². The first-order valence-electron chi connectivity index (χ1n) is 6.04. The van der Waals surface area contributed by atoms with E-state index in [1.54, 1.807) is 0 Å². The molecule has 0 atom stereocenters. The largest absolute Gasteiger partial charge is 0.481 e. The molecule has 0 aliphatic heterocycles. The number of hydrogen-bond acceptors (Lipinski definition) is 2. The smallest absolute Gasteiger partial charge is 0.318 e. The molecule has 0 amide bonds. The van der Waals surface area contributed by atoms with Crippen molar-refractivity contribution in [1.82, 2.24) is 0 Å². The highest BCUT2D eigenvalue weighted by Gasteiger charge is 2.32. The monoisotopic (exact) mass is 288 g/mol. The lowest BCUT2D eigenvalue weighted by Gasteiger charge is -2.31. The van der Waals surface area contributed by atoms with Crippen molar-refractivity contribution in [3.8, 4) is 0 Å². The van der Waals surface area contributed by atoms with Crippen molar-refractivity contribution in [2.45, 2.75) is 45.7 Å². The summed E-state index contributed by atoms with van der Waals surface area (Å²) in [4.78, 5) is 23.1. The first kappa shape index (κ1) is 17.1. The van der Waals surface area contributed by atoms with Crippen LogP contribution in [0.4, 0.5) is 0 Å². The molecule has 0 rings (SSSR count). The van der Waals surface area contributed by atoms with Gasteiger partial charge in [0.1, 0.15) is 0 Å². The van der Waals surface area contributed by atoms with E-state index in [2.05, 4.69) is 39.3 Å². The summed E-state index contributed by atoms with van der Waals surface area (Å²) in [6.45, 7) is 13.3. The van der Waals surface area contributed by atoms with Crippen molar-refractivity contribution in [1.29, 1.82) is 0 Å². The number of carboxylic acids is 2. The minimum absolute atomic E-state index is 0.0918. The minimum Gasteiger partial charge on any atom is -0.481 e. The van der Waals surface area contributed by atoms with Crippen molar-refractivity contribution in [2.24, 2.45) is 5.92 Å². The molecule has 4 nitrogen and oxygen atoms in total. The van der Waals surface area contributed by atoms with Gasteiger partial charge in [-0.2, -0.15) is 0 Å². The fourth-order valence-corrected chi connectivity index (χ4v) is 12.7. The topological polar surface area (TPSA) is 74.6 Å². The van der Waals surface area contributed by atoms with E-state index in [1.165, 1.54) is 4.82 Å². The highest BCUT2D eigenvalue weighted by atomic mass is 28.4. The molecule has 0 saturated carbocycles. The molecular formula is C12H24O4Si2. The van der Waals surface area contributed by atoms with Crippen molar-refractivity contribution in [3.05, 3.63) is 10.9 Å². The van der Waals surface area contributed by atoms with Crippen molar-refractivity contribution >= 4 is 28.1 Å². The number of carbonyl (C=O) groups is 2. The molecule has 0 spiro atoms. The second kappa shape index (κ2) is 5.84. The lowest BCUT2D eigenvalue weighted by atomic mass is 10.1. The summed E-state index contributed by atoms with van der Waals surface area (Å²) in [6.07, 6.45) is 1.99. The van der Waals surface area contributed by atoms with Gasteiger partial charge in [0.2, 0.25) is 0 Å². The number of carboxylic acid groups (broad SMARTS) is 2. The molecule has 0 aromatic carbocycles. The fourth-order valence-electron chi connectivity index (χ4n) is 2.28. The predicted molar refractivity (Wildman–Crippen MR) is 78.2 cm³/mol. The molecule has 0 radical (unpaired) electrons. The van der Waals surface area contributed by atoms with Crippen LogP contribution in [0.5, 0.6) is 0 Å². The first-order valence-corrected chi connectivity index (χ1v) is 13.0. The van der Waals surface area contributed by atoms with Crippen LogP contribution in [0.15, 0.2) is 10.9 Å². The maximum atomic E-state index is 10.9. The molecule has 0 unspecified atom stereocenters. The Morgan fingerprint density at radius 2 is 1.28 bits per heavy atom. The van der Waals surface area contributed by atoms with Gasteiger partial charge in [-0.05, 0) is 6.42 Å². The summed E-state index contributed by atoms with van der Waals surface area (Å²) in [6, 6.07) is 0. The second-order valence-corrected chi connectivity index (χ2v) is 17.2. The fraction of sp³-hybridized carbons (Fsp3) is 0.667. The number of rotatable bonds is 6. The molecule has 0 saturated heterocycles. The standard InChI is InChI=1S/C12H24O4Si2/c1-17(2,3)10(18(4,5)6)8-7-9(11(13)14)12(15)16/h8-9H,7H2,1-6H3,(H,13,14)(H,15,16). The quantitative estimate of drug-likeness (QED) is 0.582. The molecular weight excluding hydrogens is 264 g/mol. The maximum Gasteiger partial charge on any atom is 0.318 e. The lowest BCUT2D eigenvalue weighted by Crippen LogP contribution is -2.40. The van der Waals surface area contributed by atoms with Crippen LogP contribution in [0.25, 0.3) is 0 Å². The Morgan fingerprint density at radius 3 is 1.50 bits per heavy atom. The molecule has 6 heteroatoms. The third-order valence-corrected chi connectivity index (χ3v) is 10.9. The van der Waals surface area contributed by atoms with E-state index in [4.69, 9.17) is 10.2 Å². The average molecular weight is 288 g/mol. The Balaban J connectivity index is 5.23. The minimum atomic E-state index is -1.52. The van der Waals surface area contributed by atoms with Crippen LogP contribution in [-0.2, 0) is 9.59 Å². The summed E-state index contributed by atoms with van der Waals surface area (Å²) in [5.74, 6) is -3.85. The zero-order valence-electron chi connectivity index (χ0n) is 12.1. The number of allylic oxidation sites excluding steroid dienone is 1. The molecule has 2 N–H and O–H groups in total. The summed E-state index contributed by atoms with van der Waals surface area (Å²) >= 11 is 0. The van der Waals surface area contributed by atoms with Crippen molar-refractivity contribution < 1.29 is 19.8 Å². The molecule has 0 bridgehead atoms. The molecule has 104 valence electrons. The zero-order valence-corrected chi connectivity index (χ0v) is 14.1. The summed E-state index contributed by atoms with van der Waals surface area (Å²) in [7, 11) is -3.04. The second-order valence-electron chi connectivity index (χ2n) is 6.58. The van der Waals surface area contributed by atoms with Crippen LogP contribution in [0, 0.1) is 5.92 Å². The third kappa shape index (κ3) is 5.18. The van der Waals surface area contributed by atoms with Gasteiger partial charge in [-0.3, -0.25) is 9.59 Å². The van der Waals surface area contributed by atoms with Crippen LogP contribution in [0.1, 0.15) is 6.42 Å². The van der Waals surface area contributed by atoms with Gasteiger partial charge in [-0.15, -0.1) is 0 Å². The molecule has 0 aliphatic rings. The van der Waals surface area contributed by atoms with Gasteiger partial charge in [0.05, 0.1) is 16.1 Å². The highest BCUT2D eigenvalue weighted by Crippen LogP contribution is 2.26. The van der Waals surface area contributed by atoms with E-state index in [1.807, 2.05) is 6.08 Å². The van der Waals surface area contributed by atoms with Crippen LogP contribution < -0.4 is 0 Å². The third-order valence-electron chi connectivity index (χ3n) is 2.77. The molecule has 0 fully saturated rings. The number of hydrogen-bond donors (Lipinski definition) is 2. The average Bonchev–Trinajstić information content (AvgIpc) is 2.06. The Kier molecular flexibility index (Phi) is 5.55. The summed E-state index contributed by atoms with van der Waals surface area (Å²) in [5, 5.41) is 17.7. The SMILES string of the molecule is C[Si](C)(C)C(=CCC(C(=O)O)C(=O)O)[Si](C)(C)C. The molecule has 0 heterocycles. The molecule has 0 aromatic heterocycles. The summed E-state index contributed by atoms with van der Waals surface area (Å²) < 4.78 is 0. The molecule has 0 aliphatic carbocycles. The van der Waals surface area contributed by atoms with Gasteiger partial charge < -0.3 is 10.2 Å². The van der Waals surface area contributed by atoms with Crippen LogP contribution in [-0.4, -0.2) is 38.3 Å². The van der Waals surface area contributed by atoms with Crippen LogP contribution in [0.2, 0.25) is 39.3 Å². The van der Waals surface area contributed by atoms with Gasteiger partial charge in [0.25, 0.3) is 0 Å². The van der Waals surface area contributed by atoms with Gasteiger partial charge in [-0.25, -0.2) is 0 Å². The predicted octanol–water partition coefficient (Wildman–Crippen LogP) is 2.84. The van der Waals surface area contributed by atoms with Gasteiger partial charge in [0.15, 0.2) is 5.92 Å². The molecule has 18 heavy (non-hydrogen) atoms. The van der Waals surface area contributed by atoms with Gasteiger partial charge in [0, 0.05) is 0 Å². The van der Waals surface area contributed by atoms with Gasteiger partial charge >= 0.3 is 11.9 Å². The molecule has 0 aromatic rings. The first-order chi connectivity index (χ1) is 7.87. The highest BCUT2D eigenvalue weighted by molar-refractivity contribution is 7.04. The normalized spacial score (nSPS) is 12.4. The lowest BCUT2D eigenvalue weighted by molar-refractivity contribution is -0.154. The Labute approximate surface area is 111 Å². The van der Waals surface area contributed by atoms with E-state index in [-0.39, 0.29) is 6.42 Å². The Bertz CT molecular complexity index is 331. The van der Waals surface area contributed by atoms with E-state index in [0.717, 1.165) is 0 Å². The van der Waals surface area contributed by atoms with Crippen LogP contribution >= 0.6 is 0 Å². The zero-order chi connectivity index (χ0) is 14.7.